The maximum absolute atomic E-state index is 13.0. The molecule has 1 atom stereocenters. The zero-order valence-electron chi connectivity index (χ0n) is 17.1. The van der Waals surface area contributed by atoms with Crippen LogP contribution in [0.25, 0.3) is 11.3 Å². The lowest BCUT2D eigenvalue weighted by molar-refractivity contribution is 0.182. The van der Waals surface area contributed by atoms with E-state index >= 15 is 0 Å². The Kier molecular flexibility index (Phi) is 6.57. The number of aryl methyl sites for hydroxylation is 1. The van der Waals surface area contributed by atoms with Crippen molar-refractivity contribution in [2.45, 2.75) is 78.2 Å². The number of fused-ring (bicyclic) bond motifs is 3. The van der Waals surface area contributed by atoms with E-state index in [1.54, 1.807) is 6.92 Å². The standard InChI is InChI=1S/C24H29NO3/c1-4-6-8-9-10-17-12-13-19-18(14-17)24-22(20(27-19)11-7-5-2)23(26)16(3)21(15-25)28-24/h12-14,20H,4-11H2,1-3H3. The Morgan fingerprint density at radius 3 is 2.61 bits per heavy atom. The quantitative estimate of drug-likeness (QED) is 0.510. The van der Waals surface area contributed by atoms with Crippen LogP contribution >= 0.6 is 0 Å². The van der Waals surface area contributed by atoms with Gasteiger partial charge in [-0.25, -0.2) is 0 Å². The molecule has 1 aliphatic heterocycles. The summed E-state index contributed by atoms with van der Waals surface area (Å²) in [5.41, 5.74) is 2.81. The molecule has 2 aromatic rings. The highest BCUT2D eigenvalue weighted by Crippen LogP contribution is 2.43. The van der Waals surface area contributed by atoms with Gasteiger partial charge in [0, 0.05) is 0 Å². The fourth-order valence-corrected chi connectivity index (χ4v) is 3.81. The van der Waals surface area contributed by atoms with Gasteiger partial charge in [-0.15, -0.1) is 0 Å². The molecule has 4 heteroatoms. The van der Waals surface area contributed by atoms with E-state index in [9.17, 15) is 10.1 Å². The molecule has 0 N–H and O–H groups in total. The van der Waals surface area contributed by atoms with E-state index in [1.807, 2.05) is 12.1 Å². The van der Waals surface area contributed by atoms with Gasteiger partial charge in [0.25, 0.3) is 0 Å². The molecule has 1 aromatic carbocycles. The van der Waals surface area contributed by atoms with Crippen LogP contribution in [0.15, 0.2) is 27.4 Å². The number of ether oxygens (including phenoxy) is 1. The van der Waals surface area contributed by atoms with Crippen LogP contribution in [0.3, 0.4) is 0 Å². The smallest absolute Gasteiger partial charge is 0.210 e. The van der Waals surface area contributed by atoms with Crippen molar-refractivity contribution < 1.29 is 9.15 Å². The van der Waals surface area contributed by atoms with Crippen molar-refractivity contribution in [1.29, 1.82) is 5.26 Å². The largest absolute Gasteiger partial charge is 0.485 e. The molecule has 148 valence electrons. The van der Waals surface area contributed by atoms with E-state index in [0.717, 1.165) is 43.4 Å². The first-order valence-electron chi connectivity index (χ1n) is 10.5. The molecule has 0 spiro atoms. The van der Waals surface area contributed by atoms with Crippen molar-refractivity contribution in [3.63, 3.8) is 0 Å². The van der Waals surface area contributed by atoms with E-state index < -0.39 is 0 Å². The molecule has 0 saturated heterocycles. The van der Waals surface area contributed by atoms with Crippen molar-refractivity contribution in [1.82, 2.24) is 0 Å². The lowest BCUT2D eigenvalue weighted by atomic mass is 9.92. The zero-order valence-corrected chi connectivity index (χ0v) is 17.1. The van der Waals surface area contributed by atoms with Crippen molar-refractivity contribution in [2.24, 2.45) is 0 Å². The van der Waals surface area contributed by atoms with Gasteiger partial charge >= 0.3 is 0 Å². The summed E-state index contributed by atoms with van der Waals surface area (Å²) in [6.45, 7) is 5.98. The lowest BCUT2D eigenvalue weighted by Crippen LogP contribution is -2.25. The summed E-state index contributed by atoms with van der Waals surface area (Å²) in [7, 11) is 0. The van der Waals surface area contributed by atoms with Crippen LogP contribution in [0.1, 0.15) is 87.3 Å². The number of benzene rings is 1. The van der Waals surface area contributed by atoms with Gasteiger partial charge in [-0.2, -0.15) is 5.26 Å². The Bertz CT molecular complexity index is 936. The third-order valence-corrected chi connectivity index (χ3v) is 5.49. The van der Waals surface area contributed by atoms with E-state index in [0.29, 0.717) is 16.9 Å². The molecule has 1 aliphatic rings. The highest BCUT2D eigenvalue weighted by molar-refractivity contribution is 5.72. The fraction of sp³-hybridized carbons (Fsp3) is 0.500. The van der Waals surface area contributed by atoms with Gasteiger partial charge < -0.3 is 9.15 Å². The maximum atomic E-state index is 13.0. The summed E-state index contributed by atoms with van der Waals surface area (Å²) < 4.78 is 12.2. The summed E-state index contributed by atoms with van der Waals surface area (Å²) in [5, 5.41) is 9.41. The van der Waals surface area contributed by atoms with Gasteiger partial charge in [-0.05, 0) is 50.3 Å². The first-order chi connectivity index (χ1) is 13.6. The monoisotopic (exact) mass is 379 g/mol. The van der Waals surface area contributed by atoms with Crippen molar-refractivity contribution >= 4 is 0 Å². The van der Waals surface area contributed by atoms with Crippen molar-refractivity contribution in [2.75, 3.05) is 0 Å². The van der Waals surface area contributed by atoms with E-state index in [4.69, 9.17) is 9.15 Å². The van der Waals surface area contributed by atoms with Gasteiger partial charge in [0.2, 0.25) is 5.76 Å². The zero-order chi connectivity index (χ0) is 20.1. The number of unbranched alkanes of at least 4 members (excludes halogenated alkanes) is 4. The minimum absolute atomic E-state index is 0.0965. The van der Waals surface area contributed by atoms with Crippen LogP contribution in [0.2, 0.25) is 0 Å². The molecule has 0 fully saturated rings. The topological polar surface area (TPSA) is 63.2 Å². The molecule has 0 aliphatic carbocycles. The van der Waals surface area contributed by atoms with Crippen LogP contribution in [0.5, 0.6) is 5.75 Å². The number of nitrogens with zero attached hydrogens (tertiary/aromatic N) is 1. The SMILES string of the molecule is CCCCCCc1ccc2c(c1)-c1oc(C#N)c(C)c(=O)c1C(CCCC)O2. The molecular weight excluding hydrogens is 350 g/mol. The van der Waals surface area contributed by atoms with Gasteiger partial charge in [-0.1, -0.05) is 45.6 Å². The molecule has 1 aromatic heterocycles. The molecular formula is C24H29NO3. The molecule has 4 nitrogen and oxygen atoms in total. The Morgan fingerprint density at radius 2 is 1.89 bits per heavy atom. The second kappa shape index (κ2) is 9.10. The Morgan fingerprint density at radius 1 is 1.11 bits per heavy atom. The third-order valence-electron chi connectivity index (χ3n) is 5.49. The first kappa shape index (κ1) is 20.2. The molecule has 0 radical (unpaired) electrons. The van der Waals surface area contributed by atoms with Gasteiger partial charge in [0.05, 0.1) is 16.7 Å². The predicted octanol–water partition coefficient (Wildman–Crippen LogP) is 6.23. The van der Waals surface area contributed by atoms with Crippen LogP contribution in [-0.2, 0) is 6.42 Å². The highest BCUT2D eigenvalue weighted by Gasteiger charge is 2.32. The second-order valence-corrected chi connectivity index (χ2v) is 7.63. The van der Waals surface area contributed by atoms with E-state index in [-0.39, 0.29) is 17.3 Å². The van der Waals surface area contributed by atoms with Crippen LogP contribution < -0.4 is 10.2 Å². The van der Waals surface area contributed by atoms with Gasteiger partial charge in [0.15, 0.2) is 5.43 Å². The molecule has 0 amide bonds. The molecule has 0 saturated carbocycles. The second-order valence-electron chi connectivity index (χ2n) is 7.63. The molecule has 0 bridgehead atoms. The van der Waals surface area contributed by atoms with Crippen molar-refractivity contribution in [3.8, 4) is 23.1 Å². The van der Waals surface area contributed by atoms with Gasteiger partial charge in [-0.3, -0.25) is 4.79 Å². The van der Waals surface area contributed by atoms with Crippen LogP contribution in [-0.4, -0.2) is 0 Å². The third kappa shape index (κ3) is 3.99. The minimum atomic E-state index is -0.319. The molecule has 1 unspecified atom stereocenters. The summed E-state index contributed by atoms with van der Waals surface area (Å²) in [4.78, 5) is 13.0. The lowest BCUT2D eigenvalue weighted by Gasteiger charge is -2.28. The molecule has 3 rings (SSSR count). The Balaban J connectivity index is 2.04. The van der Waals surface area contributed by atoms with E-state index in [2.05, 4.69) is 26.0 Å². The fourth-order valence-electron chi connectivity index (χ4n) is 3.81. The summed E-state index contributed by atoms with van der Waals surface area (Å²) in [6, 6.07) is 8.18. The number of hydrogen-bond acceptors (Lipinski definition) is 4. The Labute approximate surface area is 167 Å². The summed E-state index contributed by atoms with van der Waals surface area (Å²) >= 11 is 0. The Hall–Kier alpha value is -2.54. The highest BCUT2D eigenvalue weighted by atomic mass is 16.5. The number of nitriles is 1. The van der Waals surface area contributed by atoms with Gasteiger partial charge in [0.1, 0.15) is 23.7 Å². The van der Waals surface area contributed by atoms with E-state index in [1.165, 1.54) is 24.8 Å². The predicted molar refractivity (Wildman–Crippen MR) is 111 cm³/mol. The first-order valence-corrected chi connectivity index (χ1v) is 10.5. The maximum Gasteiger partial charge on any atom is 0.210 e. The molecule has 28 heavy (non-hydrogen) atoms. The normalized spacial score (nSPS) is 14.7. The average Bonchev–Trinajstić information content (AvgIpc) is 2.71. The molecule has 2 heterocycles. The summed E-state index contributed by atoms with van der Waals surface area (Å²) in [6.07, 6.45) is 8.24. The van der Waals surface area contributed by atoms with Crippen molar-refractivity contribution in [3.05, 3.63) is 50.9 Å². The van der Waals surface area contributed by atoms with Crippen LogP contribution in [0, 0.1) is 18.3 Å². The number of hydrogen-bond donors (Lipinski definition) is 0. The summed E-state index contributed by atoms with van der Waals surface area (Å²) in [5.74, 6) is 1.35. The minimum Gasteiger partial charge on any atom is -0.485 e. The average molecular weight is 380 g/mol. The van der Waals surface area contributed by atoms with Crippen LogP contribution in [0.4, 0.5) is 0 Å². The number of rotatable bonds is 8.